The molecule has 0 spiro atoms. The number of benzene rings is 1. The summed E-state index contributed by atoms with van der Waals surface area (Å²) in [4.78, 5) is 11.6. The smallest absolute Gasteiger partial charge is 0.303 e. The van der Waals surface area contributed by atoms with Crippen LogP contribution in [0.1, 0.15) is 12.0 Å². The van der Waals surface area contributed by atoms with E-state index in [9.17, 15) is 4.79 Å². The third kappa shape index (κ3) is 3.03. The molecule has 0 aliphatic carbocycles. The lowest BCUT2D eigenvalue weighted by Gasteiger charge is -2.06. The first-order valence-corrected chi connectivity index (χ1v) is 6.20. The number of halogens is 1. The quantitative estimate of drug-likeness (QED) is 0.857. The lowest BCUT2D eigenvalue weighted by atomic mass is 10.1. The molecule has 0 saturated carbocycles. The Labute approximate surface area is 95.8 Å². The Kier molecular flexibility index (Phi) is 4.48. The molecule has 1 N–H and O–H groups in total. The Bertz CT molecular complexity index is 339. The standard InChI is InChI=1S/C10H11BrO2S/c1-14-8-4-2-3-7(10(8)11)5-6-9(12)13/h2-4H,5-6H2,1H3,(H,12,13). The summed E-state index contributed by atoms with van der Waals surface area (Å²) >= 11 is 5.13. The van der Waals surface area contributed by atoms with Crippen molar-refractivity contribution in [3.63, 3.8) is 0 Å². The normalized spacial score (nSPS) is 10.1. The summed E-state index contributed by atoms with van der Waals surface area (Å²) in [5, 5.41) is 8.57. The van der Waals surface area contributed by atoms with E-state index in [-0.39, 0.29) is 6.42 Å². The zero-order valence-corrected chi connectivity index (χ0v) is 10.2. The van der Waals surface area contributed by atoms with Crippen LogP contribution in [0.3, 0.4) is 0 Å². The summed E-state index contributed by atoms with van der Waals surface area (Å²) in [6.07, 6.45) is 2.75. The van der Waals surface area contributed by atoms with Crippen LogP contribution in [0.2, 0.25) is 0 Å². The van der Waals surface area contributed by atoms with E-state index in [2.05, 4.69) is 15.9 Å². The van der Waals surface area contributed by atoms with Crippen LogP contribution in [-0.2, 0) is 11.2 Å². The number of carboxylic acid groups (broad SMARTS) is 1. The number of hydrogen-bond donors (Lipinski definition) is 1. The number of carboxylic acids is 1. The van der Waals surface area contributed by atoms with E-state index in [1.165, 1.54) is 0 Å². The lowest BCUT2D eigenvalue weighted by Crippen LogP contribution is -1.98. The maximum atomic E-state index is 10.4. The van der Waals surface area contributed by atoms with Crippen molar-refractivity contribution in [3.8, 4) is 0 Å². The van der Waals surface area contributed by atoms with E-state index >= 15 is 0 Å². The van der Waals surface area contributed by atoms with Crippen molar-refractivity contribution in [1.82, 2.24) is 0 Å². The van der Waals surface area contributed by atoms with Crippen molar-refractivity contribution in [2.24, 2.45) is 0 Å². The minimum Gasteiger partial charge on any atom is -0.481 e. The fourth-order valence-electron chi connectivity index (χ4n) is 1.15. The molecule has 4 heteroatoms. The maximum absolute atomic E-state index is 10.4. The summed E-state index contributed by atoms with van der Waals surface area (Å²) in [6, 6.07) is 5.92. The molecular formula is C10H11BrO2S. The van der Waals surface area contributed by atoms with Gasteiger partial charge < -0.3 is 5.11 Å². The molecule has 0 atom stereocenters. The molecule has 0 aliphatic rings. The molecule has 0 unspecified atom stereocenters. The van der Waals surface area contributed by atoms with Crippen LogP contribution >= 0.6 is 27.7 Å². The Hall–Kier alpha value is -0.480. The van der Waals surface area contributed by atoms with Crippen LogP contribution in [0.5, 0.6) is 0 Å². The number of carbonyl (C=O) groups is 1. The third-order valence-electron chi connectivity index (χ3n) is 1.87. The van der Waals surface area contributed by atoms with Crippen molar-refractivity contribution >= 4 is 33.7 Å². The predicted octanol–water partition coefficient (Wildman–Crippen LogP) is 3.19. The van der Waals surface area contributed by atoms with Crippen LogP contribution < -0.4 is 0 Å². The van der Waals surface area contributed by atoms with Gasteiger partial charge in [0.1, 0.15) is 0 Å². The maximum Gasteiger partial charge on any atom is 0.303 e. The first-order chi connectivity index (χ1) is 6.65. The fraction of sp³-hybridized carbons (Fsp3) is 0.300. The van der Waals surface area contributed by atoms with Gasteiger partial charge in [0.05, 0.1) is 0 Å². The predicted molar refractivity (Wildman–Crippen MR) is 61.9 cm³/mol. The molecule has 0 aliphatic heterocycles. The van der Waals surface area contributed by atoms with Crippen molar-refractivity contribution in [1.29, 1.82) is 0 Å². The second kappa shape index (κ2) is 5.41. The van der Waals surface area contributed by atoms with Gasteiger partial charge in [0.15, 0.2) is 0 Å². The number of rotatable bonds is 4. The number of hydrogen-bond acceptors (Lipinski definition) is 2. The van der Waals surface area contributed by atoms with Gasteiger partial charge >= 0.3 is 5.97 Å². The molecular weight excluding hydrogens is 264 g/mol. The van der Waals surface area contributed by atoms with Gasteiger partial charge in [0.2, 0.25) is 0 Å². The van der Waals surface area contributed by atoms with Gasteiger partial charge in [-0.2, -0.15) is 0 Å². The molecule has 76 valence electrons. The molecule has 0 amide bonds. The van der Waals surface area contributed by atoms with Gasteiger partial charge in [-0.3, -0.25) is 4.79 Å². The first kappa shape index (κ1) is 11.6. The summed E-state index contributed by atoms with van der Waals surface area (Å²) in [7, 11) is 0. The van der Waals surface area contributed by atoms with E-state index in [0.29, 0.717) is 6.42 Å². The highest BCUT2D eigenvalue weighted by Gasteiger charge is 2.06. The molecule has 0 fully saturated rings. The van der Waals surface area contributed by atoms with E-state index < -0.39 is 5.97 Å². The molecule has 14 heavy (non-hydrogen) atoms. The molecule has 1 aromatic rings. The van der Waals surface area contributed by atoms with Crippen LogP contribution in [0, 0.1) is 0 Å². The molecule has 1 aromatic carbocycles. The van der Waals surface area contributed by atoms with Gasteiger partial charge in [-0.25, -0.2) is 0 Å². The average Bonchev–Trinajstić information content (AvgIpc) is 2.16. The molecule has 0 aromatic heterocycles. The van der Waals surface area contributed by atoms with Gasteiger partial charge in [-0.05, 0) is 40.2 Å². The van der Waals surface area contributed by atoms with E-state index in [0.717, 1.165) is 14.9 Å². The molecule has 0 radical (unpaired) electrons. The second-order valence-electron chi connectivity index (χ2n) is 2.83. The minimum atomic E-state index is -0.758. The molecule has 2 nitrogen and oxygen atoms in total. The van der Waals surface area contributed by atoms with Crippen molar-refractivity contribution in [2.75, 3.05) is 6.26 Å². The molecule has 0 bridgehead atoms. The molecule has 1 rings (SSSR count). The minimum absolute atomic E-state index is 0.177. The number of aryl methyl sites for hydroxylation is 1. The van der Waals surface area contributed by atoms with Crippen LogP contribution in [-0.4, -0.2) is 17.3 Å². The topological polar surface area (TPSA) is 37.3 Å². The van der Waals surface area contributed by atoms with Gasteiger partial charge in [0, 0.05) is 15.8 Å². The highest BCUT2D eigenvalue weighted by molar-refractivity contribution is 9.10. The summed E-state index contributed by atoms with van der Waals surface area (Å²) < 4.78 is 1.02. The zero-order valence-electron chi connectivity index (χ0n) is 7.79. The third-order valence-corrected chi connectivity index (χ3v) is 3.85. The molecule has 0 heterocycles. The van der Waals surface area contributed by atoms with Crippen LogP contribution in [0.4, 0.5) is 0 Å². The van der Waals surface area contributed by atoms with Crippen molar-refractivity contribution in [3.05, 3.63) is 28.2 Å². The van der Waals surface area contributed by atoms with Gasteiger partial charge in [0.25, 0.3) is 0 Å². The highest BCUT2D eigenvalue weighted by Crippen LogP contribution is 2.29. The number of thioether (sulfide) groups is 1. The van der Waals surface area contributed by atoms with Crippen LogP contribution in [0.15, 0.2) is 27.6 Å². The summed E-state index contributed by atoms with van der Waals surface area (Å²) in [5.74, 6) is -0.758. The van der Waals surface area contributed by atoms with Gasteiger partial charge in [-0.15, -0.1) is 11.8 Å². The van der Waals surface area contributed by atoms with E-state index in [4.69, 9.17) is 5.11 Å². The van der Waals surface area contributed by atoms with E-state index in [1.54, 1.807) is 11.8 Å². The largest absolute Gasteiger partial charge is 0.481 e. The molecule has 0 saturated heterocycles. The Balaban J connectivity index is 2.81. The second-order valence-corrected chi connectivity index (χ2v) is 4.47. The Morgan fingerprint density at radius 3 is 2.86 bits per heavy atom. The Morgan fingerprint density at radius 1 is 1.57 bits per heavy atom. The summed E-state index contributed by atoms with van der Waals surface area (Å²) in [5.41, 5.74) is 1.05. The SMILES string of the molecule is CSc1cccc(CCC(=O)O)c1Br. The van der Waals surface area contributed by atoms with E-state index in [1.807, 2.05) is 24.5 Å². The number of aliphatic carboxylic acids is 1. The van der Waals surface area contributed by atoms with Crippen LogP contribution in [0.25, 0.3) is 0 Å². The monoisotopic (exact) mass is 274 g/mol. The average molecular weight is 275 g/mol. The first-order valence-electron chi connectivity index (χ1n) is 4.18. The lowest BCUT2D eigenvalue weighted by molar-refractivity contribution is -0.136. The summed E-state index contributed by atoms with van der Waals surface area (Å²) in [6.45, 7) is 0. The Morgan fingerprint density at radius 2 is 2.29 bits per heavy atom. The van der Waals surface area contributed by atoms with Crippen molar-refractivity contribution in [2.45, 2.75) is 17.7 Å². The zero-order chi connectivity index (χ0) is 10.6. The fourth-order valence-corrected chi connectivity index (χ4v) is 2.62. The van der Waals surface area contributed by atoms with Crippen molar-refractivity contribution < 1.29 is 9.90 Å². The highest BCUT2D eigenvalue weighted by atomic mass is 79.9. The van der Waals surface area contributed by atoms with Gasteiger partial charge in [-0.1, -0.05) is 12.1 Å².